The minimum absolute atomic E-state index is 0.590. The van der Waals surface area contributed by atoms with E-state index in [1.807, 2.05) is 28.9 Å². The molecule has 0 saturated carbocycles. The van der Waals surface area contributed by atoms with Gasteiger partial charge in [-0.15, -0.1) is 0 Å². The number of hydrogen-bond acceptors (Lipinski definition) is 3. The van der Waals surface area contributed by atoms with Crippen molar-refractivity contribution in [2.45, 2.75) is 6.54 Å². The van der Waals surface area contributed by atoms with Crippen LogP contribution in [-0.4, -0.2) is 11.3 Å². The fraction of sp³-hybridized carbons (Fsp3) is 0.0769. The van der Waals surface area contributed by atoms with E-state index in [0.29, 0.717) is 5.56 Å². The quantitative estimate of drug-likeness (QED) is 0.612. The van der Waals surface area contributed by atoms with E-state index in [1.54, 1.807) is 12.3 Å². The highest BCUT2D eigenvalue weighted by molar-refractivity contribution is 7.19. The van der Waals surface area contributed by atoms with Crippen LogP contribution in [0.1, 0.15) is 15.9 Å². The number of nitrogens with zero attached hydrogens (tertiary/aromatic N) is 2. The van der Waals surface area contributed by atoms with Gasteiger partial charge in [0.25, 0.3) is 0 Å². The van der Waals surface area contributed by atoms with Crippen LogP contribution in [0, 0.1) is 0 Å². The molecule has 1 aromatic heterocycles. The van der Waals surface area contributed by atoms with Crippen molar-refractivity contribution < 1.29 is 4.79 Å². The normalized spacial score (nSPS) is 9.94. The highest BCUT2D eigenvalue weighted by atomic mass is 31.0. The van der Waals surface area contributed by atoms with Gasteiger partial charge in [0.1, 0.15) is 5.82 Å². The number of carbonyl (C=O) groups is 1. The molecule has 0 saturated heterocycles. The second-order valence-corrected chi connectivity index (χ2v) is 4.30. The van der Waals surface area contributed by atoms with Gasteiger partial charge in [-0.1, -0.05) is 30.3 Å². The third-order valence-electron chi connectivity index (χ3n) is 2.40. The van der Waals surface area contributed by atoms with E-state index in [2.05, 4.69) is 26.5 Å². The molecule has 0 N–H and O–H groups in total. The van der Waals surface area contributed by atoms with Crippen LogP contribution in [0.4, 0.5) is 5.82 Å². The molecule has 0 aliphatic rings. The first-order chi connectivity index (χ1) is 8.29. The maximum absolute atomic E-state index is 10.5. The minimum atomic E-state index is 0.590. The number of pyridine rings is 1. The summed E-state index contributed by atoms with van der Waals surface area (Å²) in [6.07, 6.45) is 2.37. The third-order valence-corrected chi connectivity index (χ3v) is 2.84. The number of anilines is 1. The van der Waals surface area contributed by atoms with Crippen molar-refractivity contribution in [3.05, 3.63) is 59.8 Å². The van der Waals surface area contributed by atoms with Gasteiger partial charge in [-0.2, -0.15) is 0 Å². The average Bonchev–Trinajstić information content (AvgIpc) is 2.40. The van der Waals surface area contributed by atoms with Gasteiger partial charge in [-0.3, -0.25) is 4.79 Å². The Balaban J connectivity index is 2.09. The maximum atomic E-state index is 10.5. The molecule has 0 bridgehead atoms. The predicted octanol–water partition coefficient (Wildman–Crippen LogP) is 2.69. The van der Waals surface area contributed by atoms with E-state index in [4.69, 9.17) is 0 Å². The largest absolute Gasteiger partial charge is 0.337 e. The summed E-state index contributed by atoms with van der Waals surface area (Å²) in [4.78, 5) is 14.7. The first-order valence-corrected chi connectivity index (χ1v) is 5.78. The molecule has 2 aromatic rings. The topological polar surface area (TPSA) is 33.2 Å². The van der Waals surface area contributed by atoms with E-state index >= 15 is 0 Å². The van der Waals surface area contributed by atoms with Crippen LogP contribution >= 0.6 is 9.39 Å². The molecular weight excluding hydrogens is 231 g/mol. The highest BCUT2D eigenvalue weighted by Crippen LogP contribution is 2.18. The smallest absolute Gasteiger partial charge is 0.151 e. The van der Waals surface area contributed by atoms with E-state index in [0.717, 1.165) is 18.6 Å². The zero-order chi connectivity index (χ0) is 12.1. The number of rotatable bonds is 4. The van der Waals surface area contributed by atoms with Crippen LogP contribution in [0.25, 0.3) is 0 Å². The Labute approximate surface area is 103 Å². The molecule has 2 rings (SSSR count). The Kier molecular flexibility index (Phi) is 3.84. The predicted molar refractivity (Wildman–Crippen MR) is 72.0 cm³/mol. The number of carbonyl (C=O) groups excluding carboxylic acids is 1. The van der Waals surface area contributed by atoms with Crippen molar-refractivity contribution in [2.24, 2.45) is 0 Å². The van der Waals surface area contributed by atoms with Crippen molar-refractivity contribution >= 4 is 21.5 Å². The van der Waals surface area contributed by atoms with Crippen molar-refractivity contribution in [2.75, 3.05) is 4.67 Å². The molecule has 86 valence electrons. The molecule has 17 heavy (non-hydrogen) atoms. The van der Waals surface area contributed by atoms with Gasteiger partial charge >= 0.3 is 0 Å². The molecule has 0 spiro atoms. The van der Waals surface area contributed by atoms with Crippen molar-refractivity contribution in [3.8, 4) is 0 Å². The molecule has 1 heterocycles. The van der Waals surface area contributed by atoms with Crippen LogP contribution < -0.4 is 4.67 Å². The Morgan fingerprint density at radius 2 is 1.94 bits per heavy atom. The van der Waals surface area contributed by atoms with E-state index in [9.17, 15) is 4.79 Å². The molecule has 0 aliphatic carbocycles. The maximum Gasteiger partial charge on any atom is 0.151 e. The number of benzene rings is 1. The van der Waals surface area contributed by atoms with Crippen molar-refractivity contribution in [1.82, 2.24) is 4.98 Å². The second kappa shape index (κ2) is 5.55. The summed E-state index contributed by atoms with van der Waals surface area (Å²) in [6.45, 7) is 0.763. The molecule has 0 aliphatic heterocycles. The lowest BCUT2D eigenvalue weighted by Crippen LogP contribution is -2.10. The van der Waals surface area contributed by atoms with E-state index < -0.39 is 0 Å². The molecule has 1 unspecified atom stereocenters. The van der Waals surface area contributed by atoms with Crippen LogP contribution in [0.5, 0.6) is 0 Å². The Bertz CT molecular complexity index is 485. The lowest BCUT2D eigenvalue weighted by molar-refractivity contribution is 0.112. The average molecular weight is 244 g/mol. The van der Waals surface area contributed by atoms with Crippen LogP contribution in [-0.2, 0) is 6.54 Å². The van der Waals surface area contributed by atoms with E-state index in [1.165, 1.54) is 5.56 Å². The lowest BCUT2D eigenvalue weighted by atomic mass is 10.2. The fourth-order valence-corrected chi connectivity index (χ4v) is 1.86. The van der Waals surface area contributed by atoms with Crippen molar-refractivity contribution in [1.29, 1.82) is 0 Å². The fourth-order valence-electron chi connectivity index (χ4n) is 1.50. The summed E-state index contributed by atoms with van der Waals surface area (Å²) in [6, 6.07) is 13.7. The molecular formula is C13H13N2OP. The van der Waals surface area contributed by atoms with Crippen LogP contribution in [0.3, 0.4) is 0 Å². The number of aldehydes is 1. The molecule has 1 atom stereocenters. The van der Waals surface area contributed by atoms with Gasteiger partial charge in [0, 0.05) is 18.3 Å². The molecule has 4 heteroatoms. The summed E-state index contributed by atoms with van der Waals surface area (Å²) in [5, 5.41) is 0. The van der Waals surface area contributed by atoms with Crippen LogP contribution in [0.2, 0.25) is 0 Å². The molecule has 0 amide bonds. The van der Waals surface area contributed by atoms with Crippen molar-refractivity contribution in [3.63, 3.8) is 0 Å². The monoisotopic (exact) mass is 244 g/mol. The first-order valence-electron chi connectivity index (χ1n) is 5.27. The second-order valence-electron chi connectivity index (χ2n) is 3.68. The van der Waals surface area contributed by atoms with Gasteiger partial charge in [0.05, 0.1) is 0 Å². The SMILES string of the molecule is O=Cc1ccc(N(P)Cc2ccccc2)nc1. The van der Waals surface area contributed by atoms with Crippen LogP contribution in [0.15, 0.2) is 48.7 Å². The minimum Gasteiger partial charge on any atom is -0.337 e. The standard InChI is InChI=1S/C13H13N2OP/c16-10-12-6-7-13(14-8-12)15(17)9-11-4-2-1-3-5-11/h1-8,10H,9,17H2. The molecule has 3 nitrogen and oxygen atoms in total. The van der Waals surface area contributed by atoms with E-state index in [-0.39, 0.29) is 0 Å². The molecule has 0 fully saturated rings. The summed E-state index contributed by atoms with van der Waals surface area (Å²) < 4.78 is 1.96. The summed E-state index contributed by atoms with van der Waals surface area (Å²) in [5.74, 6) is 0.824. The van der Waals surface area contributed by atoms with Gasteiger partial charge in [0.15, 0.2) is 6.29 Å². The summed E-state index contributed by atoms with van der Waals surface area (Å²) >= 11 is 0. The number of hydrogen-bond donors (Lipinski definition) is 0. The Hall–Kier alpha value is -1.73. The highest BCUT2D eigenvalue weighted by Gasteiger charge is 2.03. The van der Waals surface area contributed by atoms with Gasteiger partial charge in [-0.25, -0.2) is 4.98 Å². The molecule has 1 aromatic carbocycles. The summed E-state index contributed by atoms with van der Waals surface area (Å²) in [7, 11) is 2.64. The lowest BCUT2D eigenvalue weighted by Gasteiger charge is -2.17. The number of aromatic nitrogens is 1. The Morgan fingerprint density at radius 1 is 1.18 bits per heavy atom. The zero-order valence-corrected chi connectivity index (χ0v) is 10.4. The summed E-state index contributed by atoms with van der Waals surface area (Å²) in [5.41, 5.74) is 1.80. The van der Waals surface area contributed by atoms with Gasteiger partial charge < -0.3 is 4.67 Å². The van der Waals surface area contributed by atoms with Gasteiger partial charge in [0.2, 0.25) is 0 Å². The zero-order valence-electron chi connectivity index (χ0n) is 9.28. The Morgan fingerprint density at radius 3 is 2.53 bits per heavy atom. The molecule has 0 radical (unpaired) electrons. The first kappa shape index (κ1) is 11.7. The van der Waals surface area contributed by atoms with Gasteiger partial charge in [-0.05, 0) is 27.1 Å². The third kappa shape index (κ3) is 3.11.